The van der Waals surface area contributed by atoms with Gasteiger partial charge in [-0.3, -0.25) is 9.78 Å². The smallest absolute Gasteiger partial charge is 0.253 e. The second-order valence-corrected chi connectivity index (χ2v) is 5.57. The van der Waals surface area contributed by atoms with Crippen molar-refractivity contribution in [2.24, 2.45) is 0 Å². The maximum Gasteiger partial charge on any atom is 0.253 e. The van der Waals surface area contributed by atoms with Crippen LogP contribution in [0.25, 0.3) is 10.9 Å². The number of carbonyl (C=O) groups excluding carboxylic acids is 1. The lowest BCUT2D eigenvalue weighted by Gasteiger charge is -2.16. The SMILES string of the molecule is COc1cc(OC)c(CNC(=O)c2cccc3cccnc23)c(OC)c1. The number of hydrogen-bond donors (Lipinski definition) is 1. The van der Waals surface area contributed by atoms with Crippen LogP contribution >= 0.6 is 0 Å². The van der Waals surface area contributed by atoms with Crippen LogP contribution in [0.3, 0.4) is 0 Å². The Morgan fingerprint density at radius 2 is 1.69 bits per heavy atom. The van der Waals surface area contributed by atoms with Gasteiger partial charge >= 0.3 is 0 Å². The molecule has 0 aliphatic carbocycles. The number of amides is 1. The van der Waals surface area contributed by atoms with E-state index in [1.54, 1.807) is 45.7 Å². The molecule has 134 valence electrons. The van der Waals surface area contributed by atoms with Crippen molar-refractivity contribution in [1.82, 2.24) is 10.3 Å². The largest absolute Gasteiger partial charge is 0.496 e. The summed E-state index contributed by atoms with van der Waals surface area (Å²) in [7, 11) is 4.70. The fourth-order valence-electron chi connectivity index (χ4n) is 2.80. The topological polar surface area (TPSA) is 69.7 Å². The van der Waals surface area contributed by atoms with Gasteiger partial charge in [-0.1, -0.05) is 18.2 Å². The zero-order valence-electron chi connectivity index (χ0n) is 14.9. The first-order valence-corrected chi connectivity index (χ1v) is 8.08. The zero-order valence-corrected chi connectivity index (χ0v) is 14.9. The third-order valence-electron chi connectivity index (χ3n) is 4.12. The van der Waals surface area contributed by atoms with Gasteiger partial charge in [-0.2, -0.15) is 0 Å². The van der Waals surface area contributed by atoms with Gasteiger partial charge in [0.2, 0.25) is 0 Å². The van der Waals surface area contributed by atoms with E-state index in [9.17, 15) is 4.79 Å². The van der Waals surface area contributed by atoms with Crippen molar-refractivity contribution < 1.29 is 19.0 Å². The number of aromatic nitrogens is 1. The highest BCUT2D eigenvalue weighted by molar-refractivity contribution is 6.05. The summed E-state index contributed by atoms with van der Waals surface area (Å²) in [6.45, 7) is 0.248. The van der Waals surface area contributed by atoms with Crippen LogP contribution in [0.1, 0.15) is 15.9 Å². The van der Waals surface area contributed by atoms with Crippen molar-refractivity contribution in [2.45, 2.75) is 6.54 Å². The van der Waals surface area contributed by atoms with E-state index in [2.05, 4.69) is 10.3 Å². The van der Waals surface area contributed by atoms with Crippen LogP contribution in [0.4, 0.5) is 0 Å². The minimum atomic E-state index is -0.214. The Morgan fingerprint density at radius 1 is 1.00 bits per heavy atom. The van der Waals surface area contributed by atoms with Crippen molar-refractivity contribution in [3.05, 3.63) is 59.8 Å². The minimum absolute atomic E-state index is 0.214. The number of nitrogens with zero attached hydrogens (tertiary/aromatic N) is 1. The average molecular weight is 352 g/mol. The molecule has 0 bridgehead atoms. The van der Waals surface area contributed by atoms with Crippen molar-refractivity contribution in [3.63, 3.8) is 0 Å². The Morgan fingerprint density at radius 3 is 2.35 bits per heavy atom. The van der Waals surface area contributed by atoms with Gasteiger partial charge in [0.1, 0.15) is 17.2 Å². The van der Waals surface area contributed by atoms with E-state index in [-0.39, 0.29) is 12.5 Å². The third-order valence-corrected chi connectivity index (χ3v) is 4.12. The molecule has 1 N–H and O–H groups in total. The summed E-state index contributed by atoms with van der Waals surface area (Å²) >= 11 is 0. The molecule has 0 atom stereocenters. The molecule has 0 saturated carbocycles. The van der Waals surface area contributed by atoms with Gasteiger partial charge in [-0.25, -0.2) is 0 Å². The van der Waals surface area contributed by atoms with Crippen LogP contribution in [-0.2, 0) is 6.54 Å². The molecule has 1 amide bonds. The van der Waals surface area contributed by atoms with E-state index in [0.717, 1.165) is 10.9 Å². The van der Waals surface area contributed by atoms with Crippen molar-refractivity contribution in [2.75, 3.05) is 21.3 Å². The Balaban J connectivity index is 1.88. The lowest BCUT2D eigenvalue weighted by molar-refractivity contribution is 0.0952. The average Bonchev–Trinajstić information content (AvgIpc) is 2.70. The fourth-order valence-corrected chi connectivity index (χ4v) is 2.80. The Hall–Kier alpha value is -3.28. The Bertz CT molecular complexity index is 910. The molecular formula is C20H20N2O4. The first kappa shape index (κ1) is 17.5. The first-order chi connectivity index (χ1) is 12.7. The maximum atomic E-state index is 12.7. The monoisotopic (exact) mass is 352 g/mol. The molecule has 0 saturated heterocycles. The predicted octanol–water partition coefficient (Wildman–Crippen LogP) is 3.19. The highest BCUT2D eigenvalue weighted by Gasteiger charge is 2.16. The number of carbonyl (C=O) groups is 1. The molecule has 0 unspecified atom stereocenters. The highest BCUT2D eigenvalue weighted by atomic mass is 16.5. The molecule has 6 heteroatoms. The molecule has 0 spiro atoms. The van der Waals surface area contributed by atoms with E-state index in [0.29, 0.717) is 28.3 Å². The summed E-state index contributed by atoms with van der Waals surface area (Å²) in [5, 5.41) is 3.83. The maximum absolute atomic E-state index is 12.7. The van der Waals surface area contributed by atoms with Crippen molar-refractivity contribution in [3.8, 4) is 17.2 Å². The van der Waals surface area contributed by atoms with E-state index in [4.69, 9.17) is 14.2 Å². The van der Waals surface area contributed by atoms with Gasteiger partial charge in [0.15, 0.2) is 0 Å². The number of rotatable bonds is 6. The van der Waals surface area contributed by atoms with Crippen LogP contribution in [0.2, 0.25) is 0 Å². The molecule has 0 fully saturated rings. The molecule has 1 heterocycles. The molecule has 0 aliphatic heterocycles. The number of fused-ring (bicyclic) bond motifs is 1. The molecule has 26 heavy (non-hydrogen) atoms. The van der Waals surface area contributed by atoms with E-state index in [1.807, 2.05) is 24.3 Å². The van der Waals surface area contributed by atoms with Crippen LogP contribution in [0, 0.1) is 0 Å². The van der Waals surface area contributed by atoms with Gasteiger partial charge in [-0.15, -0.1) is 0 Å². The van der Waals surface area contributed by atoms with Crippen LogP contribution in [0.15, 0.2) is 48.7 Å². The first-order valence-electron chi connectivity index (χ1n) is 8.08. The molecule has 1 aromatic heterocycles. The van der Waals surface area contributed by atoms with Crippen LogP contribution < -0.4 is 19.5 Å². The molecule has 6 nitrogen and oxygen atoms in total. The number of hydrogen-bond acceptors (Lipinski definition) is 5. The number of methoxy groups -OCH3 is 3. The molecule has 0 aliphatic rings. The Labute approximate surface area is 151 Å². The fraction of sp³-hybridized carbons (Fsp3) is 0.200. The number of pyridine rings is 1. The summed E-state index contributed by atoms with van der Waals surface area (Å²) in [6, 6.07) is 12.8. The number of benzene rings is 2. The molecule has 3 rings (SSSR count). The normalized spacial score (nSPS) is 10.4. The van der Waals surface area contributed by atoms with E-state index >= 15 is 0 Å². The number of nitrogens with one attached hydrogen (secondary N) is 1. The lowest BCUT2D eigenvalue weighted by Crippen LogP contribution is -2.23. The van der Waals surface area contributed by atoms with Gasteiger partial charge in [-0.05, 0) is 12.1 Å². The number of para-hydroxylation sites is 1. The quantitative estimate of drug-likeness (QED) is 0.738. The molecule has 2 aromatic carbocycles. The summed E-state index contributed by atoms with van der Waals surface area (Å²) in [5.41, 5.74) is 1.92. The van der Waals surface area contributed by atoms with Gasteiger partial charge < -0.3 is 19.5 Å². The van der Waals surface area contributed by atoms with Crippen molar-refractivity contribution in [1.29, 1.82) is 0 Å². The lowest BCUT2D eigenvalue weighted by atomic mass is 10.1. The predicted molar refractivity (Wildman–Crippen MR) is 99.0 cm³/mol. The van der Waals surface area contributed by atoms with Gasteiger partial charge in [0.25, 0.3) is 5.91 Å². The van der Waals surface area contributed by atoms with Gasteiger partial charge in [0.05, 0.1) is 44.5 Å². The van der Waals surface area contributed by atoms with E-state index < -0.39 is 0 Å². The summed E-state index contributed by atoms with van der Waals surface area (Å²) in [6.07, 6.45) is 1.68. The van der Waals surface area contributed by atoms with Gasteiger partial charge in [0, 0.05) is 23.7 Å². The van der Waals surface area contributed by atoms with Crippen LogP contribution in [-0.4, -0.2) is 32.2 Å². The molecular weight excluding hydrogens is 332 g/mol. The number of ether oxygens (including phenoxy) is 3. The van der Waals surface area contributed by atoms with Crippen LogP contribution in [0.5, 0.6) is 17.2 Å². The minimum Gasteiger partial charge on any atom is -0.496 e. The third kappa shape index (κ3) is 3.39. The van der Waals surface area contributed by atoms with E-state index in [1.165, 1.54) is 0 Å². The standard InChI is InChI=1S/C20H20N2O4/c1-24-14-10-17(25-2)16(18(11-14)26-3)12-22-20(23)15-8-4-6-13-7-5-9-21-19(13)15/h4-11H,12H2,1-3H3,(H,22,23). The van der Waals surface area contributed by atoms with Crippen molar-refractivity contribution >= 4 is 16.8 Å². The summed E-state index contributed by atoms with van der Waals surface area (Å²) in [4.78, 5) is 17.0. The highest BCUT2D eigenvalue weighted by Crippen LogP contribution is 2.34. The zero-order chi connectivity index (χ0) is 18.5. The summed E-state index contributed by atoms with van der Waals surface area (Å²) < 4.78 is 16.1. The second-order valence-electron chi connectivity index (χ2n) is 5.57. The second kappa shape index (κ2) is 7.74. The summed E-state index contributed by atoms with van der Waals surface area (Å²) in [5.74, 6) is 1.57. The molecule has 3 aromatic rings. The molecule has 0 radical (unpaired) electrons. The Kier molecular flexibility index (Phi) is 5.22.